The predicted molar refractivity (Wildman–Crippen MR) is 78.8 cm³/mol. The average Bonchev–Trinajstić information content (AvgIpc) is 2.45. The molecule has 0 aliphatic heterocycles. The van der Waals surface area contributed by atoms with Gasteiger partial charge >= 0.3 is 0 Å². The van der Waals surface area contributed by atoms with Gasteiger partial charge in [0.25, 0.3) is 5.91 Å². The summed E-state index contributed by atoms with van der Waals surface area (Å²) in [7, 11) is 0. The second kappa shape index (κ2) is 9.09. The van der Waals surface area contributed by atoms with Gasteiger partial charge in [-0.2, -0.15) is 0 Å². The molecule has 1 rings (SSSR count). The number of anilines is 1. The molecule has 2 N–H and O–H groups in total. The molecular formula is C15H22N2O3. The lowest BCUT2D eigenvalue weighted by Crippen LogP contribution is -2.26. The molecule has 0 aliphatic rings. The van der Waals surface area contributed by atoms with E-state index in [0.29, 0.717) is 31.0 Å². The van der Waals surface area contributed by atoms with Crippen molar-refractivity contribution in [1.82, 2.24) is 5.32 Å². The maximum atomic E-state index is 12.0. The number of hydrogen-bond acceptors (Lipinski definition) is 3. The van der Waals surface area contributed by atoms with Crippen molar-refractivity contribution >= 4 is 17.5 Å². The molecule has 0 saturated carbocycles. The second-order valence-corrected chi connectivity index (χ2v) is 4.30. The quantitative estimate of drug-likeness (QED) is 0.716. The largest absolute Gasteiger partial charge is 0.381 e. The van der Waals surface area contributed by atoms with Crippen molar-refractivity contribution in [2.45, 2.75) is 26.7 Å². The molecule has 110 valence electrons. The van der Waals surface area contributed by atoms with E-state index >= 15 is 0 Å². The van der Waals surface area contributed by atoms with E-state index in [1.165, 1.54) is 0 Å². The number of rotatable bonds is 8. The van der Waals surface area contributed by atoms with Crippen molar-refractivity contribution in [2.24, 2.45) is 0 Å². The number of amides is 2. The van der Waals surface area contributed by atoms with E-state index in [1.807, 2.05) is 13.8 Å². The van der Waals surface area contributed by atoms with E-state index in [1.54, 1.807) is 24.3 Å². The zero-order chi connectivity index (χ0) is 14.8. The normalized spacial score (nSPS) is 10.1. The van der Waals surface area contributed by atoms with Gasteiger partial charge in [0.1, 0.15) is 0 Å². The predicted octanol–water partition coefficient (Wildman–Crippen LogP) is 2.19. The molecule has 0 aliphatic carbocycles. The Kier molecular flexibility index (Phi) is 7.35. The number of hydrogen-bond donors (Lipinski definition) is 2. The zero-order valence-corrected chi connectivity index (χ0v) is 12.1. The van der Waals surface area contributed by atoms with Crippen molar-refractivity contribution in [3.8, 4) is 0 Å². The summed E-state index contributed by atoms with van der Waals surface area (Å²) in [6, 6.07) is 6.98. The van der Waals surface area contributed by atoms with Crippen LogP contribution < -0.4 is 10.6 Å². The van der Waals surface area contributed by atoms with Crippen LogP contribution in [0.2, 0.25) is 0 Å². The van der Waals surface area contributed by atoms with Crippen LogP contribution in [0, 0.1) is 0 Å². The molecule has 0 heterocycles. The van der Waals surface area contributed by atoms with Gasteiger partial charge in [-0.3, -0.25) is 9.59 Å². The van der Waals surface area contributed by atoms with Gasteiger partial charge in [-0.1, -0.05) is 19.1 Å². The van der Waals surface area contributed by atoms with E-state index < -0.39 is 0 Å². The monoisotopic (exact) mass is 278 g/mol. The number of carbonyl (C=O) groups excluding carboxylic acids is 2. The zero-order valence-electron chi connectivity index (χ0n) is 12.1. The summed E-state index contributed by atoms with van der Waals surface area (Å²) in [6.45, 7) is 5.45. The Hall–Kier alpha value is -1.88. The minimum Gasteiger partial charge on any atom is -0.381 e. The molecule has 0 atom stereocenters. The highest BCUT2D eigenvalue weighted by Gasteiger charge is 2.12. The van der Waals surface area contributed by atoms with Crippen molar-refractivity contribution < 1.29 is 14.3 Å². The van der Waals surface area contributed by atoms with Crippen molar-refractivity contribution in [1.29, 1.82) is 0 Å². The van der Waals surface area contributed by atoms with Crippen LogP contribution in [-0.2, 0) is 9.53 Å². The Balaban J connectivity index is 2.65. The molecule has 0 saturated heterocycles. The van der Waals surface area contributed by atoms with Crippen LogP contribution in [0.15, 0.2) is 24.3 Å². The first kappa shape index (κ1) is 16.2. The molecule has 2 amide bonds. The van der Waals surface area contributed by atoms with Gasteiger partial charge in [-0.15, -0.1) is 0 Å². The first-order chi connectivity index (χ1) is 9.69. The third-order valence-corrected chi connectivity index (χ3v) is 2.66. The summed E-state index contributed by atoms with van der Waals surface area (Å²) in [6.07, 6.45) is 1.15. The molecule has 0 radical (unpaired) electrons. The molecule has 0 spiro atoms. The topological polar surface area (TPSA) is 67.4 Å². The molecule has 5 nitrogen and oxygen atoms in total. The minimum absolute atomic E-state index is 0.158. The first-order valence-corrected chi connectivity index (χ1v) is 6.93. The van der Waals surface area contributed by atoms with E-state index in [-0.39, 0.29) is 18.2 Å². The summed E-state index contributed by atoms with van der Waals surface area (Å²) in [5.41, 5.74) is 1.01. The number of ether oxygens (including phenoxy) is 1. The second-order valence-electron chi connectivity index (χ2n) is 4.30. The van der Waals surface area contributed by atoms with Crippen LogP contribution in [0.5, 0.6) is 0 Å². The molecule has 1 aromatic carbocycles. The van der Waals surface area contributed by atoms with Crippen LogP contribution in [0.1, 0.15) is 37.0 Å². The smallest absolute Gasteiger partial charge is 0.253 e. The van der Waals surface area contributed by atoms with Crippen LogP contribution in [-0.4, -0.2) is 31.6 Å². The highest BCUT2D eigenvalue weighted by molar-refractivity contribution is 6.03. The fourth-order valence-corrected chi connectivity index (χ4v) is 1.65. The first-order valence-electron chi connectivity index (χ1n) is 6.93. The molecular weight excluding hydrogens is 256 g/mol. The van der Waals surface area contributed by atoms with E-state index in [4.69, 9.17) is 4.74 Å². The number of para-hydroxylation sites is 1. The van der Waals surface area contributed by atoms with Crippen LogP contribution in [0.25, 0.3) is 0 Å². The summed E-state index contributed by atoms with van der Waals surface area (Å²) in [5.74, 6) is -0.332. The van der Waals surface area contributed by atoms with Gasteiger partial charge < -0.3 is 15.4 Å². The van der Waals surface area contributed by atoms with Gasteiger partial charge in [0.2, 0.25) is 5.91 Å². The molecule has 5 heteroatoms. The summed E-state index contributed by atoms with van der Waals surface area (Å²) in [4.78, 5) is 23.7. The lowest BCUT2D eigenvalue weighted by molar-refractivity contribution is -0.117. The Morgan fingerprint density at radius 2 is 1.95 bits per heavy atom. The van der Waals surface area contributed by atoms with Gasteiger partial charge in [0.05, 0.1) is 24.3 Å². The van der Waals surface area contributed by atoms with Crippen LogP contribution in [0.4, 0.5) is 5.69 Å². The molecule has 20 heavy (non-hydrogen) atoms. The Bertz CT molecular complexity index is 446. The summed E-state index contributed by atoms with van der Waals surface area (Å²) < 4.78 is 5.13. The number of carbonyl (C=O) groups is 2. The molecule has 0 bridgehead atoms. The maximum absolute atomic E-state index is 12.0. The maximum Gasteiger partial charge on any atom is 0.253 e. The van der Waals surface area contributed by atoms with Crippen LogP contribution in [0.3, 0.4) is 0 Å². The van der Waals surface area contributed by atoms with Gasteiger partial charge in [0, 0.05) is 13.2 Å². The highest BCUT2D eigenvalue weighted by atomic mass is 16.5. The van der Waals surface area contributed by atoms with Crippen molar-refractivity contribution in [3.05, 3.63) is 29.8 Å². The van der Waals surface area contributed by atoms with E-state index in [2.05, 4.69) is 10.6 Å². The fourth-order valence-electron chi connectivity index (χ4n) is 1.65. The van der Waals surface area contributed by atoms with Gasteiger partial charge in [0.15, 0.2) is 0 Å². The standard InChI is InChI=1S/C15H22N2O3/c1-3-10-16-15(19)12-7-5-6-8-13(12)17-14(18)9-11-20-4-2/h5-8H,3-4,9-11H2,1-2H3,(H,16,19)(H,17,18). The van der Waals surface area contributed by atoms with Crippen molar-refractivity contribution in [2.75, 3.05) is 25.1 Å². The van der Waals surface area contributed by atoms with Gasteiger partial charge in [-0.25, -0.2) is 0 Å². The summed E-state index contributed by atoms with van der Waals surface area (Å²) >= 11 is 0. The highest BCUT2D eigenvalue weighted by Crippen LogP contribution is 2.15. The number of benzene rings is 1. The Morgan fingerprint density at radius 1 is 1.20 bits per heavy atom. The molecule has 0 fully saturated rings. The SMILES string of the molecule is CCCNC(=O)c1ccccc1NC(=O)CCOCC. The van der Waals surface area contributed by atoms with E-state index in [0.717, 1.165) is 6.42 Å². The van der Waals surface area contributed by atoms with E-state index in [9.17, 15) is 9.59 Å². The van der Waals surface area contributed by atoms with Crippen molar-refractivity contribution in [3.63, 3.8) is 0 Å². The summed E-state index contributed by atoms with van der Waals surface area (Å²) in [5, 5.41) is 5.55. The van der Waals surface area contributed by atoms with Gasteiger partial charge in [-0.05, 0) is 25.5 Å². The third-order valence-electron chi connectivity index (χ3n) is 2.66. The Morgan fingerprint density at radius 3 is 2.65 bits per heavy atom. The fraction of sp³-hybridized carbons (Fsp3) is 0.467. The molecule has 1 aromatic rings. The average molecular weight is 278 g/mol. The molecule has 0 aromatic heterocycles. The minimum atomic E-state index is -0.174. The lowest BCUT2D eigenvalue weighted by atomic mass is 10.1. The number of nitrogens with one attached hydrogen (secondary N) is 2. The van der Waals surface area contributed by atoms with Crippen LogP contribution >= 0.6 is 0 Å². The molecule has 0 unspecified atom stereocenters. The lowest BCUT2D eigenvalue weighted by Gasteiger charge is -2.11. The Labute approximate surface area is 119 Å². The third kappa shape index (κ3) is 5.40.